The van der Waals surface area contributed by atoms with E-state index in [1.54, 1.807) is 11.7 Å². The molecule has 6 nitrogen and oxygen atoms in total. The zero-order chi connectivity index (χ0) is 15.1. The van der Waals surface area contributed by atoms with E-state index in [4.69, 9.17) is 0 Å². The van der Waals surface area contributed by atoms with E-state index in [0.29, 0.717) is 11.7 Å². The molecule has 1 aromatic heterocycles. The van der Waals surface area contributed by atoms with Gasteiger partial charge in [0.05, 0.1) is 0 Å². The van der Waals surface area contributed by atoms with Crippen LogP contribution >= 0.6 is 0 Å². The molecule has 2 aromatic rings. The maximum atomic E-state index is 12.5. The Morgan fingerprint density at radius 2 is 2.23 bits per heavy atom. The highest BCUT2D eigenvalue weighted by atomic mass is 16.1. The first-order valence-electron chi connectivity index (χ1n) is 7.84. The molecule has 1 N–H and O–H groups in total. The number of nitrogens with zero attached hydrogens (tertiary/aromatic N) is 4. The zero-order valence-corrected chi connectivity index (χ0v) is 12.6. The summed E-state index contributed by atoms with van der Waals surface area (Å²) in [5.41, 5.74) is 1.71. The molecule has 0 spiro atoms. The normalized spacial score (nSPS) is 26.3. The lowest BCUT2D eigenvalue weighted by Crippen LogP contribution is -2.27. The Morgan fingerprint density at radius 1 is 1.32 bits per heavy atom. The number of hydrogen-bond acceptors (Lipinski definition) is 4. The smallest absolute Gasteiger partial charge is 0.227 e. The molecule has 2 fully saturated rings. The van der Waals surface area contributed by atoms with Crippen LogP contribution in [0.5, 0.6) is 0 Å². The monoisotopic (exact) mass is 297 g/mol. The van der Waals surface area contributed by atoms with Crippen LogP contribution in [0.4, 0.5) is 5.69 Å². The molecule has 4 rings (SSSR count). The Morgan fingerprint density at radius 3 is 2.91 bits per heavy atom. The molecule has 22 heavy (non-hydrogen) atoms. The summed E-state index contributed by atoms with van der Waals surface area (Å²) >= 11 is 0. The molecule has 1 aromatic carbocycles. The molecule has 0 unspecified atom stereocenters. The molecular formula is C16H19N5O. The second kappa shape index (κ2) is 5.19. The quantitative estimate of drug-likeness (QED) is 0.943. The summed E-state index contributed by atoms with van der Waals surface area (Å²) in [6.45, 7) is 0. The van der Waals surface area contributed by atoms with Crippen molar-refractivity contribution in [2.75, 3.05) is 5.32 Å². The molecule has 6 heteroatoms. The Hall–Kier alpha value is -2.24. The van der Waals surface area contributed by atoms with Gasteiger partial charge in [-0.25, -0.2) is 4.68 Å². The third-order valence-corrected chi connectivity index (χ3v) is 5.08. The number of benzene rings is 1. The predicted molar refractivity (Wildman–Crippen MR) is 81.8 cm³/mol. The SMILES string of the molecule is Cn1nnnc1-c1cccc(NC(=O)[C@@H]2C[C@H]3CC[C@H]2C3)c1. The van der Waals surface area contributed by atoms with Crippen molar-refractivity contribution < 1.29 is 4.79 Å². The standard InChI is InChI=1S/C16H19N5O/c1-21-15(18-19-20-21)12-3-2-4-13(9-12)17-16(22)14-8-10-5-6-11(14)7-10/h2-4,9-11,14H,5-8H2,1H3,(H,17,22)/t10-,11-,14+/m0/s1. The largest absolute Gasteiger partial charge is 0.326 e. The van der Waals surface area contributed by atoms with Crippen molar-refractivity contribution >= 4 is 11.6 Å². The van der Waals surface area contributed by atoms with Crippen molar-refractivity contribution in [3.8, 4) is 11.4 Å². The number of tetrazole rings is 1. The van der Waals surface area contributed by atoms with Gasteiger partial charge in [0, 0.05) is 24.2 Å². The fourth-order valence-corrected chi connectivity index (χ4v) is 4.01. The second-order valence-electron chi connectivity index (χ2n) is 6.48. The molecule has 2 aliphatic rings. The number of aromatic nitrogens is 4. The average Bonchev–Trinajstić information content (AvgIpc) is 3.23. The van der Waals surface area contributed by atoms with Gasteiger partial charge in [-0.05, 0) is 53.7 Å². The van der Waals surface area contributed by atoms with Crippen LogP contribution in [0, 0.1) is 17.8 Å². The number of anilines is 1. The van der Waals surface area contributed by atoms with Gasteiger partial charge in [-0.1, -0.05) is 18.6 Å². The van der Waals surface area contributed by atoms with Gasteiger partial charge >= 0.3 is 0 Å². The van der Waals surface area contributed by atoms with Crippen LogP contribution in [0.2, 0.25) is 0 Å². The summed E-state index contributed by atoms with van der Waals surface area (Å²) in [6, 6.07) is 7.70. The lowest BCUT2D eigenvalue weighted by molar-refractivity contribution is -0.121. The Balaban J connectivity index is 1.51. The van der Waals surface area contributed by atoms with Crippen molar-refractivity contribution in [1.29, 1.82) is 0 Å². The highest BCUT2D eigenvalue weighted by Gasteiger charge is 2.42. The van der Waals surface area contributed by atoms with Crippen LogP contribution in [0.1, 0.15) is 25.7 Å². The molecular weight excluding hydrogens is 278 g/mol. The Labute approximate surface area is 128 Å². The lowest BCUT2D eigenvalue weighted by Gasteiger charge is -2.20. The second-order valence-corrected chi connectivity index (χ2v) is 6.48. The number of rotatable bonds is 3. The number of carbonyl (C=O) groups excluding carboxylic acids is 1. The lowest BCUT2D eigenvalue weighted by atomic mass is 9.88. The molecule has 2 aliphatic carbocycles. The summed E-state index contributed by atoms with van der Waals surface area (Å²) < 4.78 is 1.62. The summed E-state index contributed by atoms with van der Waals surface area (Å²) in [6.07, 6.45) is 4.82. The van der Waals surface area contributed by atoms with Crippen molar-refractivity contribution in [2.45, 2.75) is 25.7 Å². The summed E-state index contributed by atoms with van der Waals surface area (Å²) in [5.74, 6) is 2.42. The highest BCUT2D eigenvalue weighted by Crippen LogP contribution is 2.48. The van der Waals surface area contributed by atoms with Crippen molar-refractivity contribution in [1.82, 2.24) is 20.2 Å². The van der Waals surface area contributed by atoms with Crippen molar-refractivity contribution in [3.63, 3.8) is 0 Å². The Bertz CT molecular complexity index is 710. The molecule has 0 radical (unpaired) electrons. The molecule has 0 aliphatic heterocycles. The van der Waals surface area contributed by atoms with Crippen LogP contribution in [-0.2, 0) is 11.8 Å². The maximum absolute atomic E-state index is 12.5. The van der Waals surface area contributed by atoms with E-state index in [2.05, 4.69) is 20.8 Å². The van der Waals surface area contributed by atoms with E-state index in [1.807, 2.05) is 24.3 Å². The minimum absolute atomic E-state index is 0.167. The van der Waals surface area contributed by atoms with Crippen LogP contribution in [0.15, 0.2) is 24.3 Å². The van der Waals surface area contributed by atoms with Gasteiger partial charge in [-0.2, -0.15) is 0 Å². The summed E-state index contributed by atoms with van der Waals surface area (Å²) in [4.78, 5) is 12.5. The van der Waals surface area contributed by atoms with E-state index < -0.39 is 0 Å². The number of amides is 1. The minimum Gasteiger partial charge on any atom is -0.326 e. The molecule has 1 amide bonds. The van der Waals surface area contributed by atoms with Crippen LogP contribution < -0.4 is 5.32 Å². The van der Waals surface area contributed by atoms with Gasteiger partial charge in [0.2, 0.25) is 5.91 Å². The Kier molecular flexibility index (Phi) is 3.17. The van der Waals surface area contributed by atoms with Gasteiger partial charge in [-0.15, -0.1) is 5.10 Å². The summed E-state index contributed by atoms with van der Waals surface area (Å²) in [5, 5.41) is 14.6. The van der Waals surface area contributed by atoms with Gasteiger partial charge in [0.15, 0.2) is 5.82 Å². The van der Waals surface area contributed by atoms with E-state index in [-0.39, 0.29) is 11.8 Å². The van der Waals surface area contributed by atoms with Gasteiger partial charge in [0.1, 0.15) is 0 Å². The number of carbonyl (C=O) groups is 1. The minimum atomic E-state index is 0.167. The van der Waals surface area contributed by atoms with Crippen LogP contribution in [-0.4, -0.2) is 26.1 Å². The molecule has 3 atom stereocenters. The van der Waals surface area contributed by atoms with Gasteiger partial charge < -0.3 is 5.32 Å². The number of nitrogens with one attached hydrogen (secondary N) is 1. The van der Waals surface area contributed by atoms with Crippen molar-refractivity contribution in [2.24, 2.45) is 24.8 Å². The first kappa shape index (κ1) is 13.4. The number of aryl methyl sites for hydroxylation is 1. The number of fused-ring (bicyclic) bond motifs is 2. The van der Waals surface area contributed by atoms with E-state index in [1.165, 1.54) is 19.3 Å². The molecule has 0 saturated heterocycles. The van der Waals surface area contributed by atoms with E-state index in [0.717, 1.165) is 23.6 Å². The fraction of sp³-hybridized carbons (Fsp3) is 0.500. The van der Waals surface area contributed by atoms with Crippen LogP contribution in [0.3, 0.4) is 0 Å². The van der Waals surface area contributed by atoms with Gasteiger partial charge in [0.25, 0.3) is 0 Å². The molecule has 2 saturated carbocycles. The topological polar surface area (TPSA) is 72.7 Å². The predicted octanol–water partition coefficient (Wildman–Crippen LogP) is 2.25. The van der Waals surface area contributed by atoms with Crippen molar-refractivity contribution in [3.05, 3.63) is 24.3 Å². The third-order valence-electron chi connectivity index (χ3n) is 5.08. The zero-order valence-electron chi connectivity index (χ0n) is 12.6. The molecule has 2 bridgehead atoms. The third kappa shape index (κ3) is 2.28. The van der Waals surface area contributed by atoms with E-state index in [9.17, 15) is 4.79 Å². The van der Waals surface area contributed by atoms with Crippen LogP contribution in [0.25, 0.3) is 11.4 Å². The fourth-order valence-electron chi connectivity index (χ4n) is 4.01. The highest BCUT2D eigenvalue weighted by molar-refractivity contribution is 5.93. The molecule has 1 heterocycles. The summed E-state index contributed by atoms with van der Waals surface area (Å²) in [7, 11) is 1.80. The number of hydrogen-bond donors (Lipinski definition) is 1. The molecule has 114 valence electrons. The first-order chi connectivity index (χ1) is 10.7. The van der Waals surface area contributed by atoms with Gasteiger partial charge in [-0.3, -0.25) is 4.79 Å². The maximum Gasteiger partial charge on any atom is 0.227 e. The van der Waals surface area contributed by atoms with E-state index >= 15 is 0 Å². The average molecular weight is 297 g/mol. The first-order valence-corrected chi connectivity index (χ1v) is 7.84.